The largest absolute Gasteiger partial charge is 0.495 e. The van der Waals surface area contributed by atoms with Gasteiger partial charge >= 0.3 is 14.2 Å². The number of rotatable bonds is 2. The van der Waals surface area contributed by atoms with Gasteiger partial charge < -0.3 is 18.6 Å². The normalized spacial score (nSPS) is 25.3. The summed E-state index contributed by atoms with van der Waals surface area (Å²) in [6, 6.07) is 7.80. The molecule has 0 amide bonds. The van der Waals surface area contributed by atoms with Crippen LogP contribution in [0.1, 0.15) is 61.0 Å². The van der Waals surface area contributed by atoms with E-state index in [4.69, 9.17) is 18.6 Å². The van der Waals surface area contributed by atoms with Crippen LogP contribution < -0.4 is 10.9 Å². The molecule has 5 nitrogen and oxygen atoms in total. The van der Waals surface area contributed by atoms with Crippen molar-refractivity contribution in [2.75, 3.05) is 0 Å². The van der Waals surface area contributed by atoms with Crippen LogP contribution in [0.25, 0.3) is 0 Å². The van der Waals surface area contributed by atoms with Crippen LogP contribution in [-0.2, 0) is 18.6 Å². The fraction of sp³-hybridized carbons (Fsp3) is 0.632. The molecule has 2 heterocycles. The summed E-state index contributed by atoms with van der Waals surface area (Å²) >= 11 is 0. The van der Waals surface area contributed by atoms with Crippen LogP contribution in [0.5, 0.6) is 0 Å². The van der Waals surface area contributed by atoms with Crippen molar-refractivity contribution in [3.8, 4) is 6.07 Å². The van der Waals surface area contributed by atoms with Crippen LogP contribution >= 0.6 is 0 Å². The molecule has 0 aromatic heterocycles. The van der Waals surface area contributed by atoms with Crippen molar-refractivity contribution in [3.05, 3.63) is 23.8 Å². The van der Waals surface area contributed by atoms with Crippen molar-refractivity contribution in [1.29, 1.82) is 5.26 Å². The first-order valence-electron chi connectivity index (χ1n) is 9.05. The second-order valence-electron chi connectivity index (χ2n) is 9.10. The topological polar surface area (TPSA) is 60.7 Å². The van der Waals surface area contributed by atoms with E-state index < -0.39 is 36.6 Å². The Kier molecular flexibility index (Phi) is 4.36. The molecule has 3 rings (SSSR count). The van der Waals surface area contributed by atoms with Crippen molar-refractivity contribution in [3.63, 3.8) is 0 Å². The molecule has 0 aliphatic carbocycles. The molecule has 0 saturated carbocycles. The smallest absolute Gasteiger partial charge is 0.399 e. The monoisotopic (exact) mass is 355 g/mol. The zero-order valence-electron chi connectivity index (χ0n) is 17.0. The average molecular weight is 355 g/mol. The van der Waals surface area contributed by atoms with Gasteiger partial charge in [-0.3, -0.25) is 0 Å². The van der Waals surface area contributed by atoms with Crippen molar-refractivity contribution < 1.29 is 18.6 Å². The van der Waals surface area contributed by atoms with Gasteiger partial charge in [0.05, 0.1) is 34.0 Å². The first-order valence-corrected chi connectivity index (χ1v) is 9.05. The molecule has 0 N–H and O–H groups in total. The van der Waals surface area contributed by atoms with Gasteiger partial charge in [-0.25, -0.2) is 0 Å². The van der Waals surface area contributed by atoms with E-state index in [1.165, 1.54) is 0 Å². The zero-order valence-corrected chi connectivity index (χ0v) is 17.0. The van der Waals surface area contributed by atoms with Gasteiger partial charge in [0.2, 0.25) is 0 Å². The molecule has 2 aliphatic rings. The minimum Gasteiger partial charge on any atom is -0.399 e. The van der Waals surface area contributed by atoms with Crippen molar-refractivity contribution in [1.82, 2.24) is 0 Å². The standard InChI is InChI=1S/C19H27B2NO4/c1-16(2)17(3,4)24-20(23-16)14-11-9-10-13(12-22)15(14)21-25-18(5,6)19(7,8)26-21/h9-11H,1-8H3. The summed E-state index contributed by atoms with van der Waals surface area (Å²) < 4.78 is 24.8. The lowest BCUT2D eigenvalue weighted by molar-refractivity contribution is 0.00578. The van der Waals surface area contributed by atoms with Crippen LogP contribution in [0.3, 0.4) is 0 Å². The molecule has 7 heteroatoms. The highest BCUT2D eigenvalue weighted by Crippen LogP contribution is 2.38. The maximum absolute atomic E-state index is 9.67. The van der Waals surface area contributed by atoms with Gasteiger partial charge in [-0.1, -0.05) is 12.1 Å². The van der Waals surface area contributed by atoms with E-state index in [0.717, 1.165) is 5.46 Å². The van der Waals surface area contributed by atoms with Gasteiger partial charge in [-0.15, -0.1) is 0 Å². The van der Waals surface area contributed by atoms with Crippen molar-refractivity contribution in [2.45, 2.75) is 77.8 Å². The number of hydrogen-bond donors (Lipinski definition) is 0. The second kappa shape index (κ2) is 5.84. The zero-order chi connectivity index (χ0) is 19.5. The highest BCUT2D eigenvalue weighted by Gasteiger charge is 2.56. The summed E-state index contributed by atoms with van der Waals surface area (Å²) in [4.78, 5) is 0. The molecule has 0 atom stereocenters. The molecule has 2 saturated heterocycles. The summed E-state index contributed by atoms with van der Waals surface area (Å²) in [5.41, 5.74) is 0.0612. The molecular formula is C19H27B2NO4. The number of hydrogen-bond acceptors (Lipinski definition) is 5. The number of nitriles is 1. The predicted octanol–water partition coefficient (Wildman–Crippen LogP) is 2.16. The second-order valence-corrected chi connectivity index (χ2v) is 9.10. The molecule has 0 bridgehead atoms. The quantitative estimate of drug-likeness (QED) is 0.761. The summed E-state index contributed by atoms with van der Waals surface area (Å²) in [7, 11) is -1.23. The Bertz CT molecular complexity index is 735. The molecule has 1 aromatic carbocycles. The summed E-state index contributed by atoms with van der Waals surface area (Å²) in [5, 5.41) is 9.67. The van der Waals surface area contributed by atoms with Crippen molar-refractivity contribution >= 4 is 25.2 Å². The molecule has 2 aliphatic heterocycles. The summed E-state index contributed by atoms with van der Waals surface area (Å²) in [5.74, 6) is 0. The van der Waals surface area contributed by atoms with Crippen LogP contribution in [0.2, 0.25) is 0 Å². The van der Waals surface area contributed by atoms with E-state index in [-0.39, 0.29) is 0 Å². The summed E-state index contributed by atoms with van der Waals surface area (Å²) in [6.07, 6.45) is 0. The predicted molar refractivity (Wildman–Crippen MR) is 103 cm³/mol. The molecule has 0 spiro atoms. The fourth-order valence-corrected chi connectivity index (χ4v) is 3.08. The van der Waals surface area contributed by atoms with E-state index in [1.807, 2.05) is 67.5 Å². The lowest BCUT2D eigenvalue weighted by atomic mass is 9.63. The number of benzene rings is 1. The lowest BCUT2D eigenvalue weighted by Crippen LogP contribution is -2.53. The highest BCUT2D eigenvalue weighted by atomic mass is 16.7. The third kappa shape index (κ3) is 2.90. The first-order chi connectivity index (χ1) is 11.8. The van der Waals surface area contributed by atoms with E-state index in [9.17, 15) is 5.26 Å². The highest BCUT2D eigenvalue weighted by molar-refractivity contribution is 6.75. The third-order valence-corrected chi connectivity index (χ3v) is 6.26. The maximum Gasteiger partial charge on any atom is 0.495 e. The fourth-order valence-electron chi connectivity index (χ4n) is 3.08. The molecule has 26 heavy (non-hydrogen) atoms. The maximum atomic E-state index is 9.67. The van der Waals surface area contributed by atoms with Gasteiger partial charge in [-0.05, 0) is 72.4 Å². The van der Waals surface area contributed by atoms with Gasteiger partial charge in [0.25, 0.3) is 0 Å². The van der Waals surface area contributed by atoms with Gasteiger partial charge in [0.15, 0.2) is 0 Å². The first kappa shape index (κ1) is 19.4. The Morgan fingerprint density at radius 1 is 0.731 bits per heavy atom. The molecule has 2 fully saturated rings. The van der Waals surface area contributed by atoms with Gasteiger partial charge in [0, 0.05) is 0 Å². The lowest BCUT2D eigenvalue weighted by Gasteiger charge is -2.32. The SMILES string of the molecule is CC1(C)OB(c2cccc(C#N)c2B2OC(C)(C)C(C)(C)O2)OC1(C)C. The minimum atomic E-state index is -0.648. The Morgan fingerprint density at radius 2 is 1.15 bits per heavy atom. The van der Waals surface area contributed by atoms with Crippen LogP contribution in [0.15, 0.2) is 18.2 Å². The number of nitrogens with zero attached hydrogens (tertiary/aromatic N) is 1. The van der Waals surface area contributed by atoms with Crippen LogP contribution in [-0.4, -0.2) is 36.6 Å². The van der Waals surface area contributed by atoms with Crippen LogP contribution in [0, 0.1) is 11.3 Å². The third-order valence-electron chi connectivity index (χ3n) is 6.26. The minimum absolute atomic E-state index is 0.465. The Morgan fingerprint density at radius 3 is 1.58 bits per heavy atom. The van der Waals surface area contributed by atoms with Crippen molar-refractivity contribution in [2.24, 2.45) is 0 Å². The Labute approximate surface area is 157 Å². The Hall–Kier alpha value is -1.32. The van der Waals surface area contributed by atoms with Gasteiger partial charge in [-0.2, -0.15) is 5.26 Å². The molecular weight excluding hydrogens is 328 g/mol. The van der Waals surface area contributed by atoms with E-state index in [0.29, 0.717) is 11.0 Å². The Balaban J connectivity index is 2.06. The average Bonchev–Trinajstić information content (AvgIpc) is 2.86. The molecule has 1 aromatic rings. The molecule has 0 unspecified atom stereocenters. The van der Waals surface area contributed by atoms with Crippen LogP contribution in [0.4, 0.5) is 0 Å². The van der Waals surface area contributed by atoms with E-state index in [1.54, 1.807) is 6.07 Å². The molecule has 0 radical (unpaired) electrons. The van der Waals surface area contributed by atoms with E-state index in [2.05, 4.69) is 6.07 Å². The van der Waals surface area contributed by atoms with E-state index >= 15 is 0 Å². The summed E-state index contributed by atoms with van der Waals surface area (Å²) in [6.45, 7) is 16.0. The molecule has 138 valence electrons. The van der Waals surface area contributed by atoms with Gasteiger partial charge in [0.1, 0.15) is 0 Å².